The topological polar surface area (TPSA) is 60.4 Å². The Morgan fingerprint density at radius 2 is 1.15 bits per heavy atom. The maximum absolute atomic E-state index is 12.5. The monoisotopic (exact) mass is 651 g/mol. The first-order valence-corrected chi connectivity index (χ1v) is 19.8. The van der Waals surface area contributed by atoms with Crippen molar-refractivity contribution in [3.8, 4) is 0 Å². The van der Waals surface area contributed by atoms with Crippen LogP contribution in [0.2, 0.25) is 0 Å². The van der Waals surface area contributed by atoms with E-state index in [0.29, 0.717) is 6.42 Å². The van der Waals surface area contributed by atoms with Gasteiger partial charge in [0.1, 0.15) is 12.7 Å². The second kappa shape index (κ2) is 37.9. The minimum atomic E-state index is -0.0116. The van der Waals surface area contributed by atoms with Gasteiger partial charge in [0, 0.05) is 12.6 Å². The highest BCUT2D eigenvalue weighted by Crippen LogP contribution is 2.18. The molecular formula is C40H78N2O4. The minimum Gasteiger partial charge on any atom is -0.502 e. The van der Waals surface area contributed by atoms with E-state index in [4.69, 9.17) is 14.3 Å². The smallest absolute Gasteiger partial charge is 0.306 e. The molecule has 1 unspecified atom stereocenters. The molecule has 272 valence electrons. The zero-order valence-electron chi connectivity index (χ0n) is 31.3. The number of hydrogen-bond donors (Lipinski definition) is 0. The van der Waals surface area contributed by atoms with Crippen molar-refractivity contribution in [1.29, 1.82) is 0 Å². The molecule has 0 fully saturated rings. The van der Waals surface area contributed by atoms with Gasteiger partial charge in [-0.2, -0.15) is 0 Å². The molecule has 0 amide bonds. The van der Waals surface area contributed by atoms with Crippen LogP contribution >= 0.6 is 0 Å². The van der Waals surface area contributed by atoms with Gasteiger partial charge in [-0.15, -0.1) is 0 Å². The molecule has 6 heteroatoms. The van der Waals surface area contributed by atoms with E-state index in [0.717, 1.165) is 71.1 Å². The fraction of sp³-hybridized carbons (Fsp3) is 0.900. The Morgan fingerprint density at radius 3 is 1.76 bits per heavy atom. The van der Waals surface area contributed by atoms with Crippen LogP contribution in [0, 0.1) is 0 Å². The molecule has 1 atom stereocenters. The average Bonchev–Trinajstić information content (AvgIpc) is 3.04. The molecule has 0 aliphatic heterocycles. The summed E-state index contributed by atoms with van der Waals surface area (Å²) in [7, 11) is 4.10. The van der Waals surface area contributed by atoms with Crippen LogP contribution in [-0.2, 0) is 19.1 Å². The van der Waals surface area contributed by atoms with E-state index in [1.54, 1.807) is 0 Å². The standard InChI is InChI=1S/C40H78N2O4/c1-5-7-9-21-27-36-44-37-28-23-17-12-11-14-18-24-31-39(46-40(43)33-30-35-42(3)4)32-25-19-15-13-16-20-26-34-41-45-38-29-22-10-8-6-2/h28,34,37,39H,5-27,29-33,35-36,38H2,1-4H3. The number of nitrogens with zero attached hydrogens (tertiary/aromatic N) is 2. The van der Waals surface area contributed by atoms with E-state index in [1.807, 2.05) is 12.5 Å². The quantitative estimate of drug-likeness (QED) is 0.0220. The van der Waals surface area contributed by atoms with Crippen LogP contribution in [0.25, 0.3) is 0 Å². The lowest BCUT2D eigenvalue weighted by atomic mass is 10.0. The number of rotatable bonds is 37. The molecule has 46 heavy (non-hydrogen) atoms. The van der Waals surface area contributed by atoms with Gasteiger partial charge in [0.05, 0.1) is 12.9 Å². The van der Waals surface area contributed by atoms with Gasteiger partial charge in [0.2, 0.25) is 0 Å². The first-order valence-electron chi connectivity index (χ1n) is 19.8. The van der Waals surface area contributed by atoms with E-state index in [9.17, 15) is 4.79 Å². The molecule has 0 radical (unpaired) electrons. The van der Waals surface area contributed by atoms with Gasteiger partial charge >= 0.3 is 5.97 Å². The van der Waals surface area contributed by atoms with E-state index < -0.39 is 0 Å². The Morgan fingerprint density at radius 1 is 0.630 bits per heavy atom. The minimum absolute atomic E-state index is 0.0116. The summed E-state index contributed by atoms with van der Waals surface area (Å²) in [6.07, 6.45) is 39.2. The Bertz CT molecular complexity index is 626. The van der Waals surface area contributed by atoms with Crippen molar-refractivity contribution in [2.75, 3.05) is 33.9 Å². The van der Waals surface area contributed by atoms with Gasteiger partial charge in [-0.05, 0) is 104 Å². The summed E-state index contributed by atoms with van der Waals surface area (Å²) < 4.78 is 11.6. The average molecular weight is 651 g/mol. The molecule has 6 nitrogen and oxygen atoms in total. The van der Waals surface area contributed by atoms with Gasteiger partial charge in [0.15, 0.2) is 0 Å². The van der Waals surface area contributed by atoms with Crippen LogP contribution in [0.3, 0.4) is 0 Å². The highest BCUT2D eigenvalue weighted by Gasteiger charge is 2.14. The molecule has 0 aliphatic rings. The third-order valence-electron chi connectivity index (χ3n) is 8.59. The van der Waals surface area contributed by atoms with Crippen molar-refractivity contribution in [1.82, 2.24) is 4.90 Å². The first kappa shape index (κ1) is 44.4. The van der Waals surface area contributed by atoms with Crippen molar-refractivity contribution in [3.05, 3.63) is 12.3 Å². The zero-order chi connectivity index (χ0) is 33.6. The third kappa shape index (κ3) is 36.9. The highest BCUT2D eigenvalue weighted by atomic mass is 16.6. The summed E-state index contributed by atoms with van der Waals surface area (Å²) in [4.78, 5) is 20.0. The second-order valence-electron chi connectivity index (χ2n) is 13.6. The van der Waals surface area contributed by atoms with Gasteiger partial charge in [-0.25, -0.2) is 0 Å². The van der Waals surface area contributed by atoms with Crippen LogP contribution in [0.4, 0.5) is 0 Å². The third-order valence-corrected chi connectivity index (χ3v) is 8.59. The highest BCUT2D eigenvalue weighted by molar-refractivity contribution is 5.69. The molecule has 0 heterocycles. The van der Waals surface area contributed by atoms with Gasteiger partial charge in [0.25, 0.3) is 0 Å². The van der Waals surface area contributed by atoms with Crippen molar-refractivity contribution in [2.45, 2.75) is 200 Å². The summed E-state index contributed by atoms with van der Waals surface area (Å²) in [6, 6.07) is 0. The number of oxime groups is 1. The molecule has 0 aromatic carbocycles. The van der Waals surface area contributed by atoms with E-state index in [2.05, 4.69) is 44.1 Å². The van der Waals surface area contributed by atoms with Gasteiger partial charge in [-0.1, -0.05) is 115 Å². The molecule has 0 N–H and O–H groups in total. The Labute approximate surface area is 286 Å². The van der Waals surface area contributed by atoms with E-state index in [1.165, 1.54) is 122 Å². The predicted octanol–water partition coefficient (Wildman–Crippen LogP) is 12.0. The van der Waals surface area contributed by atoms with Crippen molar-refractivity contribution >= 4 is 12.2 Å². The Kier molecular flexibility index (Phi) is 36.6. The van der Waals surface area contributed by atoms with Crippen LogP contribution in [0.15, 0.2) is 17.5 Å². The fourth-order valence-corrected chi connectivity index (χ4v) is 5.62. The van der Waals surface area contributed by atoms with Crippen LogP contribution in [0.1, 0.15) is 194 Å². The summed E-state index contributed by atoms with van der Waals surface area (Å²) in [5, 5.41) is 4.10. The SMILES string of the molecule is CCCCCCCOC=CCCCCCCCCC(CCCCCCCCC=NOCCCCCCC)OC(=O)CCCN(C)C. The summed E-state index contributed by atoms with van der Waals surface area (Å²) >= 11 is 0. The molecule has 0 bridgehead atoms. The lowest BCUT2D eigenvalue weighted by molar-refractivity contribution is -0.150. The zero-order valence-corrected chi connectivity index (χ0v) is 31.3. The molecule has 0 saturated carbocycles. The van der Waals surface area contributed by atoms with Gasteiger partial charge < -0.3 is 19.2 Å². The van der Waals surface area contributed by atoms with Crippen LogP contribution in [-0.4, -0.2) is 57.0 Å². The maximum Gasteiger partial charge on any atom is 0.306 e. The van der Waals surface area contributed by atoms with Crippen LogP contribution in [0.5, 0.6) is 0 Å². The molecule has 0 aromatic heterocycles. The first-order chi connectivity index (χ1) is 22.6. The number of carbonyl (C=O) groups is 1. The number of carbonyl (C=O) groups excluding carboxylic acids is 1. The van der Waals surface area contributed by atoms with E-state index in [-0.39, 0.29) is 12.1 Å². The Balaban J connectivity index is 3.95. The fourth-order valence-electron chi connectivity index (χ4n) is 5.62. The molecular weight excluding hydrogens is 572 g/mol. The predicted molar refractivity (Wildman–Crippen MR) is 199 cm³/mol. The van der Waals surface area contributed by atoms with Crippen molar-refractivity contribution < 1.29 is 19.1 Å². The number of hydrogen-bond acceptors (Lipinski definition) is 6. The largest absolute Gasteiger partial charge is 0.502 e. The lowest BCUT2D eigenvalue weighted by Crippen LogP contribution is -2.20. The molecule has 0 spiro atoms. The summed E-state index contributed by atoms with van der Waals surface area (Å²) in [6.45, 7) is 7.03. The molecule has 0 rings (SSSR count). The lowest BCUT2D eigenvalue weighted by Gasteiger charge is -2.18. The molecule has 0 saturated heterocycles. The van der Waals surface area contributed by atoms with Crippen LogP contribution < -0.4 is 0 Å². The van der Waals surface area contributed by atoms with E-state index >= 15 is 0 Å². The molecule has 0 aromatic rings. The Hall–Kier alpha value is -1.56. The summed E-state index contributed by atoms with van der Waals surface area (Å²) in [5.74, 6) is -0.0116. The van der Waals surface area contributed by atoms with Crippen molar-refractivity contribution in [2.24, 2.45) is 5.16 Å². The maximum atomic E-state index is 12.5. The van der Waals surface area contributed by atoms with Crippen molar-refractivity contribution in [3.63, 3.8) is 0 Å². The normalized spacial score (nSPS) is 12.5. The number of allylic oxidation sites excluding steroid dienone is 1. The summed E-state index contributed by atoms with van der Waals surface area (Å²) in [5.41, 5.74) is 0. The number of unbranched alkanes of at least 4 members (excludes halogenated alkanes) is 20. The van der Waals surface area contributed by atoms with Gasteiger partial charge in [-0.3, -0.25) is 4.79 Å². The number of esters is 1. The second-order valence-corrected chi connectivity index (χ2v) is 13.6. The number of ether oxygens (including phenoxy) is 2. The molecule has 0 aliphatic carbocycles.